The van der Waals surface area contributed by atoms with Gasteiger partial charge in [-0.15, -0.1) is 6.42 Å². The molecule has 1 aliphatic heterocycles. The lowest BCUT2D eigenvalue weighted by atomic mass is 10.1. The van der Waals surface area contributed by atoms with Crippen molar-refractivity contribution >= 4 is 17.5 Å². The van der Waals surface area contributed by atoms with Crippen LogP contribution in [0.15, 0.2) is 66.4 Å². The van der Waals surface area contributed by atoms with Crippen LogP contribution in [-0.4, -0.2) is 23.3 Å². The summed E-state index contributed by atoms with van der Waals surface area (Å²) in [4.78, 5) is 28.1. The number of imide groups is 1. The number of aryl methyl sites for hydroxylation is 1. The molecule has 0 atom stereocenters. The predicted octanol–water partition coefficient (Wildman–Crippen LogP) is 2.89. The van der Waals surface area contributed by atoms with Crippen molar-refractivity contribution in [1.82, 2.24) is 4.90 Å². The lowest BCUT2D eigenvalue weighted by Gasteiger charge is -2.24. The Morgan fingerprint density at radius 3 is 2.36 bits per heavy atom. The van der Waals surface area contributed by atoms with Gasteiger partial charge < -0.3 is 4.90 Å². The third kappa shape index (κ3) is 3.46. The first kappa shape index (κ1) is 16.5. The average Bonchev–Trinajstić information content (AvgIpc) is 2.91. The molecule has 0 aromatic heterocycles. The lowest BCUT2D eigenvalue weighted by molar-refractivity contribution is -0.120. The minimum atomic E-state index is -0.350. The molecule has 0 bridgehead atoms. The van der Waals surface area contributed by atoms with Gasteiger partial charge in [0, 0.05) is 12.6 Å². The van der Waals surface area contributed by atoms with Crippen LogP contribution >= 0.6 is 0 Å². The molecule has 2 aromatic carbocycles. The van der Waals surface area contributed by atoms with Gasteiger partial charge in [-0.2, -0.15) is 0 Å². The van der Waals surface area contributed by atoms with Crippen molar-refractivity contribution in [2.75, 3.05) is 11.4 Å². The Hall–Kier alpha value is -3.32. The summed E-state index contributed by atoms with van der Waals surface area (Å²) in [6, 6.07) is 16.9. The van der Waals surface area contributed by atoms with Crippen LogP contribution in [0.4, 0.5) is 5.69 Å². The summed E-state index contributed by atoms with van der Waals surface area (Å²) in [5.41, 5.74) is 3.07. The van der Waals surface area contributed by atoms with Gasteiger partial charge in [-0.25, -0.2) is 4.90 Å². The number of carbonyl (C=O) groups excluding carboxylic acids is 2. The molecule has 0 N–H and O–H groups in total. The highest BCUT2D eigenvalue weighted by Crippen LogP contribution is 2.25. The molecule has 2 amide bonds. The average molecular weight is 330 g/mol. The molecule has 1 heterocycles. The normalized spacial score (nSPS) is 13.6. The number of rotatable bonds is 5. The summed E-state index contributed by atoms with van der Waals surface area (Å²) < 4.78 is 0. The standard InChI is InChI=1S/C21H18N2O2/c1-3-13-22(15-17-11-9-16(2)10-12-17)19-14-20(24)23(21(19)25)18-7-5-4-6-8-18/h1,4-12,14H,13,15H2,2H3. The molecule has 0 spiro atoms. The highest BCUT2D eigenvalue weighted by Gasteiger charge is 2.35. The van der Waals surface area contributed by atoms with Gasteiger partial charge in [0.15, 0.2) is 0 Å². The Morgan fingerprint density at radius 1 is 1.04 bits per heavy atom. The number of anilines is 1. The molecule has 2 aromatic rings. The van der Waals surface area contributed by atoms with Gasteiger partial charge in [0.25, 0.3) is 11.8 Å². The van der Waals surface area contributed by atoms with E-state index in [1.807, 2.05) is 37.3 Å². The van der Waals surface area contributed by atoms with Crippen molar-refractivity contribution in [2.45, 2.75) is 13.5 Å². The second kappa shape index (κ2) is 7.06. The first-order chi connectivity index (χ1) is 12.1. The fraction of sp³-hybridized carbons (Fsp3) is 0.143. The lowest BCUT2D eigenvalue weighted by Crippen LogP contribution is -2.35. The van der Waals surface area contributed by atoms with E-state index in [-0.39, 0.29) is 18.4 Å². The van der Waals surface area contributed by atoms with Crippen LogP contribution < -0.4 is 4.90 Å². The summed E-state index contributed by atoms with van der Waals surface area (Å²) >= 11 is 0. The first-order valence-electron chi connectivity index (χ1n) is 7.99. The number of carbonyl (C=O) groups is 2. The zero-order valence-corrected chi connectivity index (χ0v) is 14.0. The number of amides is 2. The largest absolute Gasteiger partial charge is 0.351 e. The van der Waals surface area contributed by atoms with Gasteiger partial charge in [0.1, 0.15) is 5.70 Å². The Morgan fingerprint density at radius 2 is 1.72 bits per heavy atom. The van der Waals surface area contributed by atoms with Crippen molar-refractivity contribution in [1.29, 1.82) is 0 Å². The van der Waals surface area contributed by atoms with E-state index in [0.29, 0.717) is 17.9 Å². The summed E-state index contributed by atoms with van der Waals surface area (Å²) in [7, 11) is 0. The van der Waals surface area contributed by atoms with Crippen molar-refractivity contribution in [3.05, 3.63) is 77.5 Å². The van der Waals surface area contributed by atoms with E-state index in [0.717, 1.165) is 11.1 Å². The van der Waals surface area contributed by atoms with Crippen LogP contribution in [0.3, 0.4) is 0 Å². The van der Waals surface area contributed by atoms with Crippen LogP contribution in [0.1, 0.15) is 11.1 Å². The van der Waals surface area contributed by atoms with Crippen molar-refractivity contribution in [3.8, 4) is 12.3 Å². The highest BCUT2D eigenvalue weighted by molar-refractivity contribution is 6.30. The smallest absolute Gasteiger partial charge is 0.281 e. The fourth-order valence-electron chi connectivity index (χ4n) is 2.76. The quantitative estimate of drug-likeness (QED) is 0.625. The second-order valence-electron chi connectivity index (χ2n) is 5.89. The number of hydrogen-bond donors (Lipinski definition) is 0. The Bertz CT molecular complexity index is 861. The van der Waals surface area contributed by atoms with E-state index in [2.05, 4.69) is 5.92 Å². The third-order valence-corrected chi connectivity index (χ3v) is 4.03. The van der Waals surface area contributed by atoms with E-state index >= 15 is 0 Å². The molecular formula is C21H18N2O2. The van der Waals surface area contributed by atoms with Gasteiger partial charge in [0.05, 0.1) is 12.2 Å². The van der Waals surface area contributed by atoms with Crippen LogP contribution in [0.5, 0.6) is 0 Å². The molecule has 1 aliphatic rings. The van der Waals surface area contributed by atoms with Gasteiger partial charge in [-0.05, 0) is 24.6 Å². The number of para-hydroxylation sites is 1. The third-order valence-electron chi connectivity index (χ3n) is 4.03. The topological polar surface area (TPSA) is 40.6 Å². The number of nitrogens with zero attached hydrogens (tertiary/aromatic N) is 2. The zero-order chi connectivity index (χ0) is 17.8. The predicted molar refractivity (Wildman–Crippen MR) is 97.4 cm³/mol. The molecular weight excluding hydrogens is 312 g/mol. The molecule has 4 nitrogen and oxygen atoms in total. The fourth-order valence-corrected chi connectivity index (χ4v) is 2.76. The second-order valence-corrected chi connectivity index (χ2v) is 5.89. The van der Waals surface area contributed by atoms with Crippen molar-refractivity contribution in [3.63, 3.8) is 0 Å². The SMILES string of the molecule is C#CCN(Cc1ccc(C)cc1)C1=CC(=O)N(c2ccccc2)C1=O. The van der Waals surface area contributed by atoms with Gasteiger partial charge in [-0.3, -0.25) is 9.59 Å². The molecule has 0 saturated carbocycles. The first-order valence-corrected chi connectivity index (χ1v) is 7.99. The molecule has 0 saturated heterocycles. The van der Waals surface area contributed by atoms with E-state index in [1.54, 1.807) is 29.2 Å². The molecule has 4 heteroatoms. The van der Waals surface area contributed by atoms with Gasteiger partial charge in [-0.1, -0.05) is 53.9 Å². The molecule has 0 fully saturated rings. The Balaban J connectivity index is 1.86. The van der Waals surface area contributed by atoms with Crippen LogP contribution in [0, 0.1) is 19.3 Å². The minimum absolute atomic E-state index is 0.251. The number of benzene rings is 2. The maximum atomic E-state index is 12.8. The minimum Gasteiger partial charge on any atom is -0.351 e. The number of hydrogen-bond acceptors (Lipinski definition) is 3. The summed E-state index contributed by atoms with van der Waals surface area (Å²) in [5, 5.41) is 0. The maximum Gasteiger partial charge on any atom is 0.281 e. The maximum absolute atomic E-state index is 12.8. The molecule has 0 radical (unpaired) electrons. The van der Waals surface area contributed by atoms with Gasteiger partial charge in [0.2, 0.25) is 0 Å². The molecule has 3 rings (SSSR count). The summed E-state index contributed by atoms with van der Waals surface area (Å²) in [5.74, 6) is 1.87. The molecule has 0 unspecified atom stereocenters. The molecule has 124 valence electrons. The molecule has 0 aliphatic carbocycles. The highest BCUT2D eigenvalue weighted by atomic mass is 16.2. The van der Waals surface area contributed by atoms with E-state index in [1.165, 1.54) is 11.0 Å². The van der Waals surface area contributed by atoms with Crippen LogP contribution in [0.2, 0.25) is 0 Å². The Kier molecular flexibility index (Phi) is 4.67. The van der Waals surface area contributed by atoms with E-state index in [9.17, 15) is 9.59 Å². The van der Waals surface area contributed by atoms with Crippen molar-refractivity contribution in [2.24, 2.45) is 0 Å². The summed E-state index contributed by atoms with van der Waals surface area (Å²) in [6.07, 6.45) is 6.83. The number of terminal acetylenes is 1. The zero-order valence-electron chi connectivity index (χ0n) is 14.0. The van der Waals surface area contributed by atoms with E-state index < -0.39 is 0 Å². The van der Waals surface area contributed by atoms with Crippen LogP contribution in [0.25, 0.3) is 0 Å². The van der Waals surface area contributed by atoms with E-state index in [4.69, 9.17) is 6.42 Å². The van der Waals surface area contributed by atoms with Crippen molar-refractivity contribution < 1.29 is 9.59 Å². The Labute approximate surface area is 147 Å². The van der Waals surface area contributed by atoms with Crippen LogP contribution in [-0.2, 0) is 16.1 Å². The molecule has 25 heavy (non-hydrogen) atoms. The summed E-state index contributed by atoms with van der Waals surface area (Å²) in [6.45, 7) is 2.74. The van der Waals surface area contributed by atoms with Gasteiger partial charge >= 0.3 is 0 Å². The monoisotopic (exact) mass is 330 g/mol.